The number of rotatable bonds is 7. The van der Waals surface area contributed by atoms with Gasteiger partial charge in [0, 0.05) is 0 Å². The third-order valence-corrected chi connectivity index (χ3v) is 9.90. The number of hydrogen-bond donors (Lipinski definition) is 0. The summed E-state index contributed by atoms with van der Waals surface area (Å²) < 4.78 is 0. The lowest BCUT2D eigenvalue weighted by molar-refractivity contribution is -0.0364. The van der Waals surface area contributed by atoms with Crippen LogP contribution in [0.25, 0.3) is 0 Å². The van der Waals surface area contributed by atoms with Crippen molar-refractivity contribution < 1.29 is 0 Å². The third-order valence-electron chi connectivity index (χ3n) is 9.90. The van der Waals surface area contributed by atoms with Crippen LogP contribution in [0, 0.1) is 34.0 Å². The molecule has 170 valence electrons. The molecule has 0 aromatic carbocycles. The summed E-state index contributed by atoms with van der Waals surface area (Å²) in [6.45, 7) is 19.7. The Kier molecular flexibility index (Phi) is 7.16. The van der Waals surface area contributed by atoms with E-state index in [1.54, 1.807) is 5.57 Å². The van der Waals surface area contributed by atoms with Gasteiger partial charge in [0.2, 0.25) is 0 Å². The topological polar surface area (TPSA) is 0 Å². The van der Waals surface area contributed by atoms with Gasteiger partial charge in [-0.3, -0.25) is 0 Å². The van der Waals surface area contributed by atoms with E-state index in [9.17, 15) is 0 Å². The highest BCUT2D eigenvalue weighted by Gasteiger charge is 2.57. The van der Waals surface area contributed by atoms with E-state index < -0.39 is 0 Å². The van der Waals surface area contributed by atoms with Crippen molar-refractivity contribution in [2.24, 2.45) is 34.0 Å². The van der Waals surface area contributed by atoms with Crippen LogP contribution in [0.2, 0.25) is 0 Å². The second kappa shape index (κ2) is 8.99. The number of allylic oxidation sites excluding steroid dienone is 6. The fraction of sp³-hybridized carbons (Fsp3) is 0.800. The summed E-state index contributed by atoms with van der Waals surface area (Å²) in [5.74, 6) is 2.52. The Balaban J connectivity index is 1.66. The molecule has 0 radical (unpaired) electrons. The molecule has 30 heavy (non-hydrogen) atoms. The first-order chi connectivity index (χ1) is 14.0. The van der Waals surface area contributed by atoms with E-state index in [1.807, 2.05) is 5.57 Å². The summed E-state index contributed by atoms with van der Waals surface area (Å²) in [6.07, 6.45) is 21.1. The third kappa shape index (κ3) is 4.54. The molecule has 0 heteroatoms. The minimum atomic E-state index is 0.433. The Morgan fingerprint density at radius 3 is 2.43 bits per heavy atom. The van der Waals surface area contributed by atoms with Gasteiger partial charge < -0.3 is 0 Å². The molecule has 3 rings (SSSR count). The molecule has 0 amide bonds. The van der Waals surface area contributed by atoms with Crippen molar-refractivity contribution in [2.75, 3.05) is 0 Å². The van der Waals surface area contributed by atoms with Gasteiger partial charge in [-0.15, -0.1) is 0 Å². The molecule has 0 spiro atoms. The summed E-state index contributed by atoms with van der Waals surface area (Å²) in [4.78, 5) is 0. The van der Waals surface area contributed by atoms with Gasteiger partial charge in [0.05, 0.1) is 0 Å². The minimum Gasteiger partial charge on any atom is -0.0856 e. The van der Waals surface area contributed by atoms with Crippen LogP contribution < -0.4 is 0 Å². The first-order valence-corrected chi connectivity index (χ1v) is 13.0. The first kappa shape index (κ1) is 23.9. The standard InChI is InChI=1S/C30H50/c1-22(2)12-9-10-13-23(3)14-15-24(4)29(7)21-18-26-25(29)16-17-27-28(5,6)19-11-20-30(26,27)8/h12-13,16,24,26-27H,9-11,14-15,17-21H2,1-8H3/b23-13+/t24?,26-,27-,29+,30+/m0/s1. The Bertz CT molecular complexity index is 698. The molecule has 3 aliphatic carbocycles. The molecule has 2 saturated carbocycles. The van der Waals surface area contributed by atoms with Gasteiger partial charge in [0.15, 0.2) is 0 Å². The summed E-state index contributed by atoms with van der Waals surface area (Å²) in [5, 5.41) is 0. The predicted octanol–water partition coefficient (Wildman–Crippen LogP) is 9.67. The maximum absolute atomic E-state index is 2.75. The van der Waals surface area contributed by atoms with Crippen molar-refractivity contribution in [1.82, 2.24) is 0 Å². The van der Waals surface area contributed by atoms with Crippen LogP contribution in [0.15, 0.2) is 34.9 Å². The van der Waals surface area contributed by atoms with E-state index in [1.165, 1.54) is 69.8 Å². The van der Waals surface area contributed by atoms with Crippen molar-refractivity contribution in [1.29, 1.82) is 0 Å². The molecular weight excluding hydrogens is 360 g/mol. The van der Waals surface area contributed by atoms with Crippen LogP contribution in [0.4, 0.5) is 0 Å². The molecule has 5 atom stereocenters. The first-order valence-electron chi connectivity index (χ1n) is 13.0. The molecule has 3 aliphatic rings. The SMILES string of the molecule is CC(C)=CCC/C=C(\C)CCC(C)[C@@]1(C)CC[C@H]2C1=CC[C@H]1C(C)(C)CCC[C@]21C. The second-order valence-electron chi connectivity index (χ2n) is 12.7. The van der Waals surface area contributed by atoms with Crippen LogP contribution in [0.3, 0.4) is 0 Å². The van der Waals surface area contributed by atoms with Gasteiger partial charge in [0.25, 0.3) is 0 Å². The van der Waals surface area contributed by atoms with Gasteiger partial charge in [-0.25, -0.2) is 0 Å². The van der Waals surface area contributed by atoms with E-state index in [4.69, 9.17) is 0 Å². The summed E-state index contributed by atoms with van der Waals surface area (Å²) in [7, 11) is 0. The van der Waals surface area contributed by atoms with Gasteiger partial charge in [-0.05, 0) is 113 Å². The van der Waals surface area contributed by atoms with Gasteiger partial charge >= 0.3 is 0 Å². The van der Waals surface area contributed by atoms with Crippen LogP contribution >= 0.6 is 0 Å². The van der Waals surface area contributed by atoms with E-state index in [0.29, 0.717) is 16.2 Å². The smallest absolute Gasteiger partial charge is 0.00875 e. The Morgan fingerprint density at radius 1 is 1.03 bits per heavy atom. The van der Waals surface area contributed by atoms with Crippen LogP contribution in [-0.2, 0) is 0 Å². The van der Waals surface area contributed by atoms with E-state index in [2.05, 4.69) is 73.6 Å². The number of fused-ring (bicyclic) bond motifs is 3. The zero-order valence-corrected chi connectivity index (χ0v) is 21.5. The molecule has 0 aliphatic heterocycles. The number of unbranched alkanes of at least 4 members (excludes halogenated alkanes) is 1. The number of hydrogen-bond acceptors (Lipinski definition) is 0. The molecule has 0 aromatic rings. The van der Waals surface area contributed by atoms with Crippen LogP contribution in [0.1, 0.15) is 120 Å². The van der Waals surface area contributed by atoms with E-state index in [-0.39, 0.29) is 0 Å². The molecule has 0 bridgehead atoms. The maximum atomic E-state index is 2.75. The summed E-state index contributed by atoms with van der Waals surface area (Å²) in [5.41, 5.74) is 6.41. The van der Waals surface area contributed by atoms with Crippen molar-refractivity contribution >= 4 is 0 Å². The van der Waals surface area contributed by atoms with Gasteiger partial charge in [-0.2, -0.15) is 0 Å². The van der Waals surface area contributed by atoms with Crippen molar-refractivity contribution in [3.05, 3.63) is 34.9 Å². The molecule has 0 nitrogen and oxygen atoms in total. The molecule has 0 N–H and O–H groups in total. The Labute approximate surface area is 188 Å². The second-order valence-corrected chi connectivity index (χ2v) is 12.7. The maximum Gasteiger partial charge on any atom is -0.00875 e. The predicted molar refractivity (Wildman–Crippen MR) is 134 cm³/mol. The summed E-state index contributed by atoms with van der Waals surface area (Å²) >= 11 is 0. The lowest BCUT2D eigenvalue weighted by Gasteiger charge is -2.57. The Morgan fingerprint density at radius 2 is 1.73 bits per heavy atom. The fourth-order valence-electron chi connectivity index (χ4n) is 7.72. The monoisotopic (exact) mass is 410 g/mol. The Hall–Kier alpha value is -0.780. The molecule has 1 unspecified atom stereocenters. The largest absolute Gasteiger partial charge is 0.0856 e. The quantitative estimate of drug-likeness (QED) is 0.289. The molecule has 0 saturated heterocycles. The van der Waals surface area contributed by atoms with Crippen molar-refractivity contribution in [2.45, 2.75) is 120 Å². The average Bonchev–Trinajstić information content (AvgIpc) is 3.02. The summed E-state index contributed by atoms with van der Waals surface area (Å²) in [6, 6.07) is 0. The molecule has 2 fully saturated rings. The normalized spacial score (nSPS) is 36.5. The zero-order chi connectivity index (χ0) is 22.2. The lowest BCUT2D eigenvalue weighted by Crippen LogP contribution is -2.48. The molecule has 0 aromatic heterocycles. The van der Waals surface area contributed by atoms with Crippen molar-refractivity contribution in [3.8, 4) is 0 Å². The van der Waals surface area contributed by atoms with Gasteiger partial charge in [0.1, 0.15) is 0 Å². The van der Waals surface area contributed by atoms with E-state index >= 15 is 0 Å². The highest BCUT2D eigenvalue weighted by Crippen LogP contribution is 2.67. The average molecular weight is 411 g/mol. The lowest BCUT2D eigenvalue weighted by atomic mass is 9.48. The van der Waals surface area contributed by atoms with Gasteiger partial charge in [-0.1, -0.05) is 76.0 Å². The highest BCUT2D eigenvalue weighted by atomic mass is 14.6. The highest BCUT2D eigenvalue weighted by molar-refractivity contribution is 5.30. The molecular formula is C30H50. The zero-order valence-electron chi connectivity index (χ0n) is 21.5. The van der Waals surface area contributed by atoms with Crippen LogP contribution in [-0.4, -0.2) is 0 Å². The minimum absolute atomic E-state index is 0.433. The molecule has 0 heterocycles. The van der Waals surface area contributed by atoms with E-state index in [0.717, 1.165) is 17.8 Å². The van der Waals surface area contributed by atoms with Crippen molar-refractivity contribution in [3.63, 3.8) is 0 Å². The van der Waals surface area contributed by atoms with Crippen LogP contribution in [0.5, 0.6) is 0 Å². The fourth-order valence-corrected chi connectivity index (χ4v) is 7.72.